The molecular weight excluding hydrogens is 328 g/mol. The Morgan fingerprint density at radius 3 is 2.70 bits per heavy atom. The molecule has 23 heavy (non-hydrogen) atoms. The van der Waals surface area contributed by atoms with Gasteiger partial charge >= 0.3 is 0 Å². The van der Waals surface area contributed by atoms with E-state index in [1.54, 1.807) is 16.9 Å². The number of aryl methyl sites for hydroxylation is 2. The fourth-order valence-electron chi connectivity index (χ4n) is 2.24. The van der Waals surface area contributed by atoms with Crippen molar-refractivity contribution < 1.29 is 9.90 Å². The van der Waals surface area contributed by atoms with Crippen LogP contribution in [-0.4, -0.2) is 34.0 Å². The van der Waals surface area contributed by atoms with Gasteiger partial charge in [0, 0.05) is 23.4 Å². The second kappa shape index (κ2) is 8.45. The predicted octanol–water partition coefficient (Wildman–Crippen LogP) is 4.08. The molecule has 0 aliphatic rings. The number of aromatic hydroxyl groups is 1. The van der Waals surface area contributed by atoms with Crippen molar-refractivity contribution in [1.82, 2.24) is 10.3 Å². The molecule has 0 aliphatic carbocycles. The van der Waals surface area contributed by atoms with Gasteiger partial charge in [-0.05, 0) is 37.5 Å². The van der Waals surface area contributed by atoms with Crippen molar-refractivity contribution in [3.05, 3.63) is 35.0 Å². The number of benzene rings is 1. The Morgan fingerprint density at radius 2 is 1.96 bits per heavy atom. The molecular formula is C17H22N2O2S2. The molecule has 0 unspecified atom stereocenters. The van der Waals surface area contributed by atoms with Crippen LogP contribution < -0.4 is 5.32 Å². The van der Waals surface area contributed by atoms with Crippen LogP contribution in [0.1, 0.15) is 35.0 Å². The lowest BCUT2D eigenvalue weighted by molar-refractivity contribution is 0.0951. The van der Waals surface area contributed by atoms with E-state index in [4.69, 9.17) is 0 Å². The van der Waals surface area contributed by atoms with Crippen molar-refractivity contribution >= 4 is 38.4 Å². The number of amides is 1. The Labute approximate surface area is 144 Å². The molecule has 0 saturated carbocycles. The van der Waals surface area contributed by atoms with Crippen LogP contribution in [0, 0.1) is 13.8 Å². The number of nitrogens with zero attached hydrogens (tertiary/aromatic N) is 1. The third-order valence-corrected chi connectivity index (χ3v) is 6.04. The largest absolute Gasteiger partial charge is 0.505 e. The van der Waals surface area contributed by atoms with E-state index in [1.165, 1.54) is 0 Å². The Bertz CT molecular complexity index is 705. The molecule has 1 aromatic heterocycles. The molecule has 1 aromatic carbocycles. The van der Waals surface area contributed by atoms with Crippen LogP contribution in [0.4, 0.5) is 0 Å². The molecule has 1 amide bonds. The molecule has 0 fully saturated rings. The van der Waals surface area contributed by atoms with E-state index >= 15 is 0 Å². The Morgan fingerprint density at radius 1 is 1.22 bits per heavy atom. The van der Waals surface area contributed by atoms with Crippen LogP contribution in [0.25, 0.3) is 10.9 Å². The number of phenolic OH excluding ortho intramolecular Hbond substituents is 1. The van der Waals surface area contributed by atoms with Crippen LogP contribution in [0.5, 0.6) is 5.75 Å². The number of fused-ring (bicyclic) bond motifs is 1. The lowest BCUT2D eigenvalue weighted by Crippen LogP contribution is -2.26. The smallest absolute Gasteiger partial charge is 0.269 e. The fourth-order valence-corrected chi connectivity index (χ4v) is 4.28. The van der Waals surface area contributed by atoms with E-state index in [2.05, 4.69) is 17.2 Å². The van der Waals surface area contributed by atoms with Gasteiger partial charge < -0.3 is 10.4 Å². The quantitative estimate of drug-likeness (QED) is 0.582. The predicted molar refractivity (Wildman–Crippen MR) is 100 cm³/mol. The minimum absolute atomic E-state index is 0.145. The molecule has 124 valence electrons. The van der Waals surface area contributed by atoms with E-state index in [0.717, 1.165) is 34.4 Å². The lowest BCUT2D eigenvalue weighted by Gasteiger charge is -2.09. The molecule has 2 N–H and O–H groups in total. The van der Waals surface area contributed by atoms with Crippen molar-refractivity contribution in [2.45, 2.75) is 27.2 Å². The van der Waals surface area contributed by atoms with Crippen LogP contribution in [-0.2, 0) is 0 Å². The molecule has 0 radical (unpaired) electrons. The third kappa shape index (κ3) is 4.54. The highest BCUT2D eigenvalue weighted by molar-refractivity contribution is 8.76. The molecule has 2 aromatic rings. The van der Waals surface area contributed by atoms with E-state index in [9.17, 15) is 9.90 Å². The molecule has 0 aliphatic heterocycles. The minimum atomic E-state index is -0.202. The van der Waals surface area contributed by atoms with Crippen molar-refractivity contribution in [1.29, 1.82) is 0 Å². The summed E-state index contributed by atoms with van der Waals surface area (Å²) in [4.78, 5) is 16.5. The molecule has 6 heteroatoms. The summed E-state index contributed by atoms with van der Waals surface area (Å²) < 4.78 is 0. The first-order chi connectivity index (χ1) is 11.0. The van der Waals surface area contributed by atoms with E-state index in [1.807, 2.05) is 36.8 Å². The third-order valence-electron chi connectivity index (χ3n) is 3.43. The highest BCUT2D eigenvalue weighted by Gasteiger charge is 2.12. The number of carbonyl (C=O) groups is 1. The summed E-state index contributed by atoms with van der Waals surface area (Å²) in [6.07, 6.45) is 1.16. The van der Waals surface area contributed by atoms with Gasteiger partial charge in [-0.2, -0.15) is 0 Å². The van der Waals surface area contributed by atoms with Crippen molar-refractivity contribution in [2.75, 3.05) is 18.1 Å². The van der Waals surface area contributed by atoms with Gasteiger partial charge in [0.2, 0.25) is 0 Å². The topological polar surface area (TPSA) is 62.2 Å². The van der Waals surface area contributed by atoms with Crippen molar-refractivity contribution in [3.8, 4) is 5.75 Å². The fraction of sp³-hybridized carbons (Fsp3) is 0.412. The molecule has 1 heterocycles. The Balaban J connectivity index is 2.05. The maximum absolute atomic E-state index is 12.2. The monoisotopic (exact) mass is 350 g/mol. The first-order valence-corrected chi connectivity index (χ1v) is 10.2. The van der Waals surface area contributed by atoms with Gasteiger partial charge in [-0.1, -0.05) is 40.6 Å². The van der Waals surface area contributed by atoms with Gasteiger partial charge in [0.1, 0.15) is 17.0 Å². The summed E-state index contributed by atoms with van der Waals surface area (Å²) in [7, 11) is 3.59. The highest BCUT2D eigenvalue weighted by Crippen LogP contribution is 2.29. The van der Waals surface area contributed by atoms with Gasteiger partial charge in [-0.15, -0.1) is 0 Å². The minimum Gasteiger partial charge on any atom is -0.505 e. The van der Waals surface area contributed by atoms with E-state index < -0.39 is 0 Å². The molecule has 0 saturated heterocycles. The number of rotatable bonds is 7. The second-order valence-corrected chi connectivity index (χ2v) is 8.05. The number of hydrogen-bond acceptors (Lipinski definition) is 5. The zero-order valence-corrected chi connectivity index (χ0v) is 15.3. The normalized spacial score (nSPS) is 10.9. The molecule has 0 bridgehead atoms. The van der Waals surface area contributed by atoms with Gasteiger partial charge in [0.15, 0.2) is 0 Å². The van der Waals surface area contributed by atoms with Gasteiger partial charge in [-0.3, -0.25) is 4.79 Å². The SMILES string of the molecule is CCCSSCCNC(=O)c1ccc2c(C)cc(C)c(O)c2n1. The summed E-state index contributed by atoms with van der Waals surface area (Å²) in [6, 6.07) is 5.47. The lowest BCUT2D eigenvalue weighted by atomic mass is 10.0. The first-order valence-electron chi connectivity index (χ1n) is 7.67. The number of aromatic nitrogens is 1. The molecule has 0 atom stereocenters. The van der Waals surface area contributed by atoms with Crippen LogP contribution in [0.2, 0.25) is 0 Å². The molecule has 0 spiro atoms. The summed E-state index contributed by atoms with van der Waals surface area (Å²) in [5.74, 6) is 1.94. The Kier molecular flexibility index (Phi) is 6.59. The standard InChI is InChI=1S/C17H22N2O2S2/c1-4-8-22-23-9-7-18-17(21)14-6-5-13-11(2)10-12(3)16(20)15(13)19-14/h5-6,10,20H,4,7-9H2,1-3H3,(H,18,21). The summed E-state index contributed by atoms with van der Waals surface area (Å²) in [5.41, 5.74) is 2.63. The van der Waals surface area contributed by atoms with Crippen molar-refractivity contribution in [2.24, 2.45) is 0 Å². The van der Waals surface area contributed by atoms with Crippen LogP contribution in [0.15, 0.2) is 18.2 Å². The number of pyridine rings is 1. The van der Waals surface area contributed by atoms with Crippen molar-refractivity contribution in [3.63, 3.8) is 0 Å². The van der Waals surface area contributed by atoms with Crippen LogP contribution >= 0.6 is 21.6 Å². The van der Waals surface area contributed by atoms with Crippen LogP contribution in [0.3, 0.4) is 0 Å². The van der Waals surface area contributed by atoms with Gasteiger partial charge in [0.05, 0.1) is 0 Å². The first kappa shape index (κ1) is 17.9. The summed E-state index contributed by atoms with van der Waals surface area (Å²) in [5, 5.41) is 13.9. The number of hydrogen-bond donors (Lipinski definition) is 2. The zero-order chi connectivity index (χ0) is 16.8. The average Bonchev–Trinajstić information content (AvgIpc) is 2.55. The molecule has 4 nitrogen and oxygen atoms in total. The summed E-state index contributed by atoms with van der Waals surface area (Å²) >= 11 is 0. The number of carbonyl (C=O) groups excluding carboxylic acids is 1. The second-order valence-electron chi connectivity index (χ2n) is 5.35. The number of phenols is 1. The zero-order valence-electron chi connectivity index (χ0n) is 13.7. The number of nitrogens with one attached hydrogen (secondary N) is 1. The average molecular weight is 351 g/mol. The maximum Gasteiger partial charge on any atom is 0.269 e. The maximum atomic E-state index is 12.2. The molecule has 2 rings (SSSR count). The van der Waals surface area contributed by atoms with Gasteiger partial charge in [0.25, 0.3) is 5.91 Å². The summed E-state index contributed by atoms with van der Waals surface area (Å²) in [6.45, 7) is 6.57. The Hall–Kier alpha value is -1.40. The highest BCUT2D eigenvalue weighted by atomic mass is 33.1. The van der Waals surface area contributed by atoms with E-state index in [0.29, 0.717) is 17.8 Å². The van der Waals surface area contributed by atoms with E-state index in [-0.39, 0.29) is 11.7 Å². The van der Waals surface area contributed by atoms with Gasteiger partial charge in [-0.25, -0.2) is 4.98 Å².